The first kappa shape index (κ1) is 15.0. The summed E-state index contributed by atoms with van der Waals surface area (Å²) < 4.78 is 18.6. The number of ether oxygens (including phenoxy) is 1. The van der Waals surface area contributed by atoms with Crippen LogP contribution in [0.25, 0.3) is 0 Å². The Kier molecular flexibility index (Phi) is 5.14. The lowest BCUT2D eigenvalue weighted by Crippen LogP contribution is -2.47. The first-order valence-electron chi connectivity index (χ1n) is 5.67. The topological polar surface area (TPSA) is 38.3 Å². The van der Waals surface area contributed by atoms with E-state index in [4.69, 9.17) is 4.74 Å². The lowest BCUT2D eigenvalue weighted by molar-refractivity contribution is 0.0909. The van der Waals surface area contributed by atoms with Crippen LogP contribution in [0.15, 0.2) is 18.2 Å². The van der Waals surface area contributed by atoms with E-state index >= 15 is 0 Å². The van der Waals surface area contributed by atoms with Gasteiger partial charge in [-0.05, 0) is 25.5 Å². The Hall–Kier alpha value is -1.10. The quantitative estimate of drug-likeness (QED) is 0.847. The van der Waals surface area contributed by atoms with E-state index in [9.17, 15) is 9.18 Å². The average molecular weight is 318 g/mol. The monoisotopic (exact) mass is 317 g/mol. The van der Waals surface area contributed by atoms with E-state index in [1.165, 1.54) is 19.2 Å². The normalized spacial score (nSPS) is 13.8. The van der Waals surface area contributed by atoms with Crippen LogP contribution >= 0.6 is 15.9 Å². The summed E-state index contributed by atoms with van der Waals surface area (Å²) in [5.74, 6) is -0.610. The SMILES string of the molecule is CCC(C)(CBr)NC(=O)c1ccc(OC)cc1F. The largest absolute Gasteiger partial charge is 0.497 e. The summed E-state index contributed by atoms with van der Waals surface area (Å²) in [5, 5.41) is 3.43. The molecule has 1 amide bonds. The van der Waals surface area contributed by atoms with Crippen LogP contribution in [0, 0.1) is 5.82 Å². The standard InChI is InChI=1S/C13H17BrFNO2/c1-4-13(2,8-14)16-12(17)10-6-5-9(18-3)7-11(10)15/h5-7H,4,8H2,1-3H3,(H,16,17). The molecule has 18 heavy (non-hydrogen) atoms. The van der Waals surface area contributed by atoms with Crippen molar-refractivity contribution in [2.45, 2.75) is 25.8 Å². The Morgan fingerprint density at radius 2 is 2.22 bits per heavy atom. The van der Waals surface area contributed by atoms with Crippen molar-refractivity contribution in [3.63, 3.8) is 0 Å². The minimum Gasteiger partial charge on any atom is -0.497 e. The maximum Gasteiger partial charge on any atom is 0.254 e. The van der Waals surface area contributed by atoms with E-state index < -0.39 is 11.7 Å². The van der Waals surface area contributed by atoms with Crippen molar-refractivity contribution in [3.05, 3.63) is 29.6 Å². The molecule has 0 aromatic heterocycles. The van der Waals surface area contributed by atoms with Crippen molar-refractivity contribution in [1.29, 1.82) is 0 Å². The molecule has 0 fully saturated rings. The van der Waals surface area contributed by atoms with Crippen LogP contribution in [-0.4, -0.2) is 23.9 Å². The fraction of sp³-hybridized carbons (Fsp3) is 0.462. The van der Waals surface area contributed by atoms with Crippen molar-refractivity contribution in [2.75, 3.05) is 12.4 Å². The Balaban J connectivity index is 2.91. The Bertz CT molecular complexity index is 433. The third-order valence-electron chi connectivity index (χ3n) is 2.91. The van der Waals surface area contributed by atoms with E-state index in [1.807, 2.05) is 13.8 Å². The third kappa shape index (κ3) is 3.45. The molecule has 1 aromatic rings. The molecule has 0 spiro atoms. The Morgan fingerprint density at radius 3 is 2.67 bits per heavy atom. The molecule has 0 aliphatic heterocycles. The molecule has 3 nitrogen and oxygen atoms in total. The fourth-order valence-corrected chi connectivity index (χ4v) is 1.90. The zero-order valence-corrected chi connectivity index (χ0v) is 12.3. The number of amides is 1. The molecule has 0 saturated heterocycles. The van der Waals surface area contributed by atoms with Crippen LogP contribution in [0.5, 0.6) is 5.75 Å². The third-order valence-corrected chi connectivity index (χ3v) is 4.15. The number of carbonyl (C=O) groups excluding carboxylic acids is 1. The van der Waals surface area contributed by atoms with Gasteiger partial charge < -0.3 is 10.1 Å². The number of halogens is 2. The van der Waals surface area contributed by atoms with Crippen molar-refractivity contribution in [1.82, 2.24) is 5.32 Å². The van der Waals surface area contributed by atoms with Crippen LogP contribution in [-0.2, 0) is 0 Å². The first-order valence-corrected chi connectivity index (χ1v) is 6.80. The summed E-state index contributed by atoms with van der Waals surface area (Å²) in [6.07, 6.45) is 0.752. The van der Waals surface area contributed by atoms with Gasteiger partial charge in [0.1, 0.15) is 11.6 Å². The molecular weight excluding hydrogens is 301 g/mol. The van der Waals surface area contributed by atoms with Crippen molar-refractivity contribution < 1.29 is 13.9 Å². The molecule has 1 atom stereocenters. The fourth-order valence-electron chi connectivity index (χ4n) is 1.36. The predicted molar refractivity (Wildman–Crippen MR) is 72.9 cm³/mol. The van der Waals surface area contributed by atoms with Crippen molar-refractivity contribution in [3.8, 4) is 5.75 Å². The van der Waals surface area contributed by atoms with E-state index in [-0.39, 0.29) is 11.1 Å². The van der Waals surface area contributed by atoms with E-state index in [2.05, 4.69) is 21.2 Å². The van der Waals surface area contributed by atoms with Crippen LogP contribution in [0.3, 0.4) is 0 Å². The second-order valence-electron chi connectivity index (χ2n) is 4.35. The summed E-state index contributed by atoms with van der Waals surface area (Å²) in [4.78, 5) is 12.0. The Labute approximate surface area is 115 Å². The molecule has 5 heteroatoms. The molecule has 100 valence electrons. The molecule has 1 aromatic carbocycles. The van der Waals surface area contributed by atoms with Gasteiger partial charge in [0.2, 0.25) is 0 Å². The van der Waals surface area contributed by atoms with Crippen LogP contribution in [0.1, 0.15) is 30.6 Å². The van der Waals surface area contributed by atoms with Crippen LogP contribution in [0.4, 0.5) is 4.39 Å². The van der Waals surface area contributed by atoms with Gasteiger partial charge in [-0.15, -0.1) is 0 Å². The van der Waals surface area contributed by atoms with Gasteiger partial charge in [-0.3, -0.25) is 4.79 Å². The number of hydrogen-bond donors (Lipinski definition) is 1. The number of carbonyl (C=O) groups is 1. The first-order chi connectivity index (χ1) is 8.45. The average Bonchev–Trinajstić information content (AvgIpc) is 2.38. The highest BCUT2D eigenvalue weighted by atomic mass is 79.9. The molecular formula is C13H17BrFNO2. The number of rotatable bonds is 5. The summed E-state index contributed by atoms with van der Waals surface area (Å²) in [7, 11) is 1.45. The highest BCUT2D eigenvalue weighted by Gasteiger charge is 2.24. The zero-order chi connectivity index (χ0) is 13.8. The lowest BCUT2D eigenvalue weighted by atomic mass is 10.0. The molecule has 0 aliphatic rings. The maximum absolute atomic E-state index is 13.7. The molecule has 0 radical (unpaired) electrons. The smallest absolute Gasteiger partial charge is 0.254 e. The van der Waals surface area contributed by atoms with Gasteiger partial charge in [-0.1, -0.05) is 22.9 Å². The summed E-state index contributed by atoms with van der Waals surface area (Å²) in [6.45, 7) is 3.87. The van der Waals surface area contributed by atoms with Crippen LogP contribution in [0.2, 0.25) is 0 Å². The summed E-state index contributed by atoms with van der Waals surface area (Å²) >= 11 is 3.35. The number of alkyl halides is 1. The van der Waals surface area contributed by atoms with Gasteiger partial charge in [0, 0.05) is 16.9 Å². The molecule has 0 saturated carbocycles. The highest BCUT2D eigenvalue weighted by Crippen LogP contribution is 2.18. The van der Waals surface area contributed by atoms with Gasteiger partial charge in [0.15, 0.2) is 0 Å². The summed E-state index contributed by atoms with van der Waals surface area (Å²) in [5.41, 5.74) is -0.361. The molecule has 1 N–H and O–H groups in total. The van der Waals surface area contributed by atoms with Crippen molar-refractivity contribution in [2.24, 2.45) is 0 Å². The van der Waals surface area contributed by atoms with E-state index in [0.29, 0.717) is 11.1 Å². The number of nitrogens with one attached hydrogen (secondary N) is 1. The molecule has 0 heterocycles. The number of benzene rings is 1. The van der Waals surface area contributed by atoms with E-state index in [1.54, 1.807) is 6.07 Å². The molecule has 0 bridgehead atoms. The van der Waals surface area contributed by atoms with E-state index in [0.717, 1.165) is 6.42 Å². The number of hydrogen-bond acceptors (Lipinski definition) is 2. The lowest BCUT2D eigenvalue weighted by Gasteiger charge is -2.27. The minimum absolute atomic E-state index is 0.0245. The van der Waals surface area contributed by atoms with Gasteiger partial charge in [0.25, 0.3) is 5.91 Å². The van der Waals surface area contributed by atoms with Gasteiger partial charge >= 0.3 is 0 Å². The summed E-state index contributed by atoms with van der Waals surface area (Å²) in [6, 6.07) is 4.19. The molecule has 0 aliphatic carbocycles. The van der Waals surface area contributed by atoms with Crippen molar-refractivity contribution >= 4 is 21.8 Å². The minimum atomic E-state index is -0.583. The molecule has 1 rings (SSSR count). The number of methoxy groups -OCH3 is 1. The Morgan fingerprint density at radius 1 is 1.56 bits per heavy atom. The second kappa shape index (κ2) is 6.18. The second-order valence-corrected chi connectivity index (χ2v) is 4.91. The maximum atomic E-state index is 13.7. The van der Waals surface area contributed by atoms with Crippen LogP contribution < -0.4 is 10.1 Å². The zero-order valence-electron chi connectivity index (χ0n) is 10.7. The van der Waals surface area contributed by atoms with Gasteiger partial charge in [-0.2, -0.15) is 0 Å². The predicted octanol–water partition coefficient (Wildman–Crippen LogP) is 3.13. The van der Waals surface area contributed by atoms with Gasteiger partial charge in [-0.25, -0.2) is 4.39 Å². The van der Waals surface area contributed by atoms with Gasteiger partial charge in [0.05, 0.1) is 12.7 Å². The highest BCUT2D eigenvalue weighted by molar-refractivity contribution is 9.09. The molecule has 1 unspecified atom stereocenters.